The first kappa shape index (κ1) is 16.3. The van der Waals surface area contributed by atoms with E-state index in [1.807, 2.05) is 25.1 Å². The van der Waals surface area contributed by atoms with E-state index in [9.17, 15) is 14.9 Å². The first-order valence-corrected chi connectivity index (χ1v) is 7.88. The average molecular weight is 350 g/mol. The van der Waals surface area contributed by atoms with Crippen LogP contribution >= 0.6 is 11.6 Å². The Morgan fingerprint density at radius 3 is 2.54 bits per heavy atom. The van der Waals surface area contributed by atoms with Gasteiger partial charge in [0.15, 0.2) is 5.76 Å². The first-order chi connectivity index (χ1) is 11.5. The monoisotopic (exact) mass is 349 g/mol. The summed E-state index contributed by atoms with van der Waals surface area (Å²) in [5.74, 6) is -0.758. The lowest BCUT2D eigenvalue weighted by molar-refractivity contribution is -0.402. The molecule has 0 N–H and O–H groups in total. The molecule has 1 aromatic heterocycles. The molecule has 24 heavy (non-hydrogen) atoms. The maximum absolute atomic E-state index is 12.4. The van der Waals surface area contributed by atoms with E-state index in [1.165, 1.54) is 12.1 Å². The smallest absolute Gasteiger partial charge is 0.395 e. The molecule has 0 spiro atoms. The van der Waals surface area contributed by atoms with Gasteiger partial charge in [0.1, 0.15) is 4.92 Å². The fourth-order valence-corrected chi connectivity index (χ4v) is 2.94. The largest absolute Gasteiger partial charge is 0.433 e. The molecular weight excluding hydrogens is 334 g/mol. The zero-order chi connectivity index (χ0) is 17.3. The van der Waals surface area contributed by atoms with Crippen LogP contribution in [0.1, 0.15) is 16.1 Å². The summed E-state index contributed by atoms with van der Waals surface area (Å²) in [5, 5.41) is 11.3. The Bertz CT molecular complexity index is 781. The molecule has 1 aromatic carbocycles. The number of nitro groups is 1. The second kappa shape index (κ2) is 6.52. The second-order valence-corrected chi connectivity index (χ2v) is 6.04. The molecule has 1 aliphatic heterocycles. The molecule has 1 amide bonds. The minimum absolute atomic E-state index is 0.00548. The minimum Gasteiger partial charge on any atom is -0.395 e. The van der Waals surface area contributed by atoms with Crippen molar-refractivity contribution in [1.82, 2.24) is 4.90 Å². The van der Waals surface area contributed by atoms with Crippen molar-refractivity contribution in [3.63, 3.8) is 0 Å². The summed E-state index contributed by atoms with van der Waals surface area (Å²) in [5.41, 5.74) is 2.18. The van der Waals surface area contributed by atoms with Crippen molar-refractivity contribution < 1.29 is 14.1 Å². The summed E-state index contributed by atoms with van der Waals surface area (Å²) in [7, 11) is 0. The van der Waals surface area contributed by atoms with Crippen molar-refractivity contribution in [2.45, 2.75) is 6.92 Å². The summed E-state index contributed by atoms with van der Waals surface area (Å²) < 4.78 is 4.99. The quantitative estimate of drug-likeness (QED) is 0.628. The molecule has 0 saturated carbocycles. The molecule has 0 aliphatic carbocycles. The van der Waals surface area contributed by atoms with Gasteiger partial charge in [-0.05, 0) is 30.7 Å². The molecule has 0 bridgehead atoms. The number of carbonyl (C=O) groups excluding carboxylic acids is 1. The van der Waals surface area contributed by atoms with Crippen LogP contribution in [0.25, 0.3) is 0 Å². The number of aryl methyl sites for hydroxylation is 1. The number of anilines is 1. The van der Waals surface area contributed by atoms with Crippen LogP contribution in [0.4, 0.5) is 11.6 Å². The lowest BCUT2D eigenvalue weighted by atomic mass is 10.1. The van der Waals surface area contributed by atoms with Crippen LogP contribution in [-0.2, 0) is 0 Å². The summed E-state index contributed by atoms with van der Waals surface area (Å²) in [6, 6.07) is 8.28. The number of nitrogens with zero attached hydrogens (tertiary/aromatic N) is 3. The maximum atomic E-state index is 12.4. The predicted octanol–water partition coefficient (Wildman–Crippen LogP) is 3.11. The zero-order valence-electron chi connectivity index (χ0n) is 13.1. The molecule has 3 rings (SSSR count). The van der Waals surface area contributed by atoms with Crippen molar-refractivity contribution in [1.29, 1.82) is 0 Å². The Labute approximate surface area is 143 Å². The normalized spacial score (nSPS) is 14.8. The lowest BCUT2D eigenvalue weighted by Gasteiger charge is -2.36. The molecule has 0 radical (unpaired) electrons. The van der Waals surface area contributed by atoms with Gasteiger partial charge in [0.05, 0.1) is 6.07 Å². The summed E-state index contributed by atoms with van der Waals surface area (Å²) in [6.07, 6.45) is 0. The van der Waals surface area contributed by atoms with Gasteiger partial charge in [0.2, 0.25) is 0 Å². The fraction of sp³-hybridized carbons (Fsp3) is 0.312. The molecule has 126 valence electrons. The van der Waals surface area contributed by atoms with Gasteiger partial charge in [0.25, 0.3) is 5.91 Å². The number of rotatable bonds is 3. The molecule has 7 nitrogen and oxygen atoms in total. The molecular formula is C16H16ClN3O4. The van der Waals surface area contributed by atoms with E-state index in [2.05, 4.69) is 4.90 Å². The van der Waals surface area contributed by atoms with E-state index < -0.39 is 10.8 Å². The Morgan fingerprint density at radius 2 is 1.92 bits per heavy atom. The minimum atomic E-state index is -0.656. The van der Waals surface area contributed by atoms with Crippen LogP contribution in [-0.4, -0.2) is 41.9 Å². The van der Waals surface area contributed by atoms with E-state index >= 15 is 0 Å². The van der Waals surface area contributed by atoms with Crippen molar-refractivity contribution in [2.75, 3.05) is 31.1 Å². The lowest BCUT2D eigenvalue weighted by Crippen LogP contribution is -2.48. The molecule has 2 aromatic rings. The van der Waals surface area contributed by atoms with E-state index in [0.717, 1.165) is 11.3 Å². The number of benzene rings is 1. The number of hydrogen-bond donors (Lipinski definition) is 0. The number of piperazine rings is 1. The van der Waals surface area contributed by atoms with Gasteiger partial charge < -0.3 is 14.2 Å². The average Bonchev–Trinajstić information content (AvgIpc) is 3.07. The van der Waals surface area contributed by atoms with Crippen molar-refractivity contribution >= 4 is 29.1 Å². The summed E-state index contributed by atoms with van der Waals surface area (Å²) >= 11 is 6.06. The van der Waals surface area contributed by atoms with Gasteiger partial charge in [-0.25, -0.2) is 0 Å². The Balaban J connectivity index is 1.67. The number of amides is 1. The van der Waals surface area contributed by atoms with Crippen LogP contribution in [0.2, 0.25) is 5.02 Å². The number of halogens is 1. The molecule has 0 unspecified atom stereocenters. The van der Waals surface area contributed by atoms with Gasteiger partial charge in [-0.15, -0.1) is 0 Å². The van der Waals surface area contributed by atoms with Crippen LogP contribution in [0, 0.1) is 17.0 Å². The molecule has 8 heteroatoms. The van der Waals surface area contributed by atoms with E-state index in [4.69, 9.17) is 16.0 Å². The Kier molecular flexibility index (Phi) is 4.44. The Morgan fingerprint density at radius 1 is 1.21 bits per heavy atom. The highest BCUT2D eigenvalue weighted by Gasteiger charge is 2.26. The summed E-state index contributed by atoms with van der Waals surface area (Å²) in [6.45, 7) is 4.37. The fourth-order valence-electron chi connectivity index (χ4n) is 2.77. The SMILES string of the molecule is Cc1ccc(Cl)cc1N1CCN(C(=O)c2ccc([N+](=O)[O-])o2)CC1. The highest BCUT2D eigenvalue weighted by Crippen LogP contribution is 2.26. The third-order valence-corrected chi connectivity index (χ3v) is 4.30. The summed E-state index contributed by atoms with van der Waals surface area (Å²) in [4.78, 5) is 26.2. The van der Waals surface area contributed by atoms with E-state index in [0.29, 0.717) is 31.2 Å². The van der Waals surface area contributed by atoms with E-state index in [-0.39, 0.29) is 11.7 Å². The highest BCUT2D eigenvalue weighted by atomic mass is 35.5. The van der Waals surface area contributed by atoms with Crippen LogP contribution in [0.3, 0.4) is 0 Å². The van der Waals surface area contributed by atoms with Crippen molar-refractivity contribution in [3.05, 3.63) is 56.8 Å². The van der Waals surface area contributed by atoms with Crippen LogP contribution in [0.5, 0.6) is 0 Å². The number of carbonyl (C=O) groups is 1. The van der Waals surface area contributed by atoms with E-state index in [1.54, 1.807) is 4.90 Å². The molecule has 0 atom stereocenters. The molecule has 1 aliphatic rings. The van der Waals surface area contributed by atoms with Gasteiger partial charge in [-0.2, -0.15) is 0 Å². The third kappa shape index (κ3) is 3.21. The topological polar surface area (TPSA) is 79.8 Å². The molecule has 1 saturated heterocycles. The van der Waals surface area contributed by atoms with Gasteiger partial charge in [0, 0.05) is 36.9 Å². The maximum Gasteiger partial charge on any atom is 0.433 e. The van der Waals surface area contributed by atoms with Crippen molar-refractivity contribution in [2.24, 2.45) is 0 Å². The van der Waals surface area contributed by atoms with Crippen LogP contribution < -0.4 is 4.90 Å². The second-order valence-electron chi connectivity index (χ2n) is 5.61. The number of furan rings is 1. The van der Waals surface area contributed by atoms with Gasteiger partial charge >= 0.3 is 5.88 Å². The van der Waals surface area contributed by atoms with Gasteiger partial charge in [-0.1, -0.05) is 17.7 Å². The van der Waals surface area contributed by atoms with Gasteiger partial charge in [-0.3, -0.25) is 14.9 Å². The van der Waals surface area contributed by atoms with Crippen LogP contribution in [0.15, 0.2) is 34.7 Å². The Hall–Kier alpha value is -2.54. The molecule has 1 fully saturated rings. The highest BCUT2D eigenvalue weighted by molar-refractivity contribution is 6.30. The standard InChI is InChI=1S/C16H16ClN3O4/c1-11-2-3-12(17)10-13(11)18-6-8-19(9-7-18)16(21)14-4-5-15(24-14)20(22)23/h2-5,10H,6-9H2,1H3. The van der Waals surface area contributed by atoms with Crippen molar-refractivity contribution in [3.8, 4) is 0 Å². The zero-order valence-corrected chi connectivity index (χ0v) is 13.8. The number of hydrogen-bond acceptors (Lipinski definition) is 5. The molecule has 2 heterocycles. The predicted molar refractivity (Wildman–Crippen MR) is 89.7 cm³/mol. The third-order valence-electron chi connectivity index (χ3n) is 4.06. The first-order valence-electron chi connectivity index (χ1n) is 7.50.